The molecule has 5 rings (SSSR count). The predicted octanol–water partition coefficient (Wildman–Crippen LogP) is 2.09. The molecule has 0 spiro atoms. The van der Waals surface area contributed by atoms with E-state index in [1.165, 1.54) is 11.6 Å². The molecular formula is C24H26N6O. The van der Waals surface area contributed by atoms with Gasteiger partial charge in [0.1, 0.15) is 12.3 Å². The number of nitrogens with one attached hydrogen (secondary N) is 1. The Kier molecular flexibility index (Phi) is 4.63. The quantitative estimate of drug-likeness (QED) is 0.751. The number of hydrogen-bond donors (Lipinski definition) is 2. The van der Waals surface area contributed by atoms with Crippen molar-refractivity contribution in [2.45, 2.75) is 25.3 Å². The summed E-state index contributed by atoms with van der Waals surface area (Å²) >= 11 is 0. The first-order valence-corrected chi connectivity index (χ1v) is 10.5. The second-order valence-electron chi connectivity index (χ2n) is 8.36. The van der Waals surface area contributed by atoms with Crippen LogP contribution in [0.1, 0.15) is 12.5 Å². The van der Waals surface area contributed by atoms with Crippen molar-refractivity contribution < 1.29 is 4.79 Å². The molecule has 7 nitrogen and oxygen atoms in total. The first-order chi connectivity index (χ1) is 15.0. The third-order valence-corrected chi connectivity index (χ3v) is 6.35. The van der Waals surface area contributed by atoms with Crippen LogP contribution in [0.25, 0.3) is 16.5 Å². The molecule has 0 saturated heterocycles. The summed E-state index contributed by atoms with van der Waals surface area (Å²) in [5, 5.41) is 4.11. The van der Waals surface area contributed by atoms with Crippen molar-refractivity contribution in [3.63, 3.8) is 0 Å². The highest BCUT2D eigenvalue weighted by atomic mass is 16.1. The number of pyridine rings is 1. The van der Waals surface area contributed by atoms with Crippen LogP contribution in [0.15, 0.2) is 71.5 Å². The van der Waals surface area contributed by atoms with Crippen molar-refractivity contribution in [1.82, 2.24) is 20.1 Å². The van der Waals surface area contributed by atoms with Gasteiger partial charge in [0, 0.05) is 30.9 Å². The molecule has 2 aromatic rings. The van der Waals surface area contributed by atoms with Gasteiger partial charge < -0.3 is 20.9 Å². The fourth-order valence-corrected chi connectivity index (χ4v) is 5.11. The minimum absolute atomic E-state index is 0.00910. The van der Waals surface area contributed by atoms with Gasteiger partial charge in [0.15, 0.2) is 0 Å². The molecule has 0 fully saturated rings. The number of amides is 1. The van der Waals surface area contributed by atoms with E-state index in [9.17, 15) is 4.79 Å². The van der Waals surface area contributed by atoms with Gasteiger partial charge in [-0.05, 0) is 41.8 Å². The normalized spacial score (nSPS) is 27.1. The number of aromatic nitrogens is 1. The summed E-state index contributed by atoms with van der Waals surface area (Å²) in [4.78, 5) is 25.7. The van der Waals surface area contributed by atoms with Crippen molar-refractivity contribution in [2.24, 2.45) is 16.6 Å². The van der Waals surface area contributed by atoms with Crippen molar-refractivity contribution in [1.29, 1.82) is 0 Å². The van der Waals surface area contributed by atoms with Gasteiger partial charge in [0.2, 0.25) is 5.91 Å². The molecule has 1 aromatic heterocycles. The SMILES string of the molecule is C=CC(=O)NC1C=C(C)C2=C(c3cnc4ccccc4c3)C3C(N)N=CN(C)C3N2C1. The molecule has 31 heavy (non-hydrogen) atoms. The van der Waals surface area contributed by atoms with Crippen LogP contribution >= 0.6 is 0 Å². The maximum Gasteiger partial charge on any atom is 0.243 e. The highest BCUT2D eigenvalue weighted by Gasteiger charge is 2.49. The molecule has 158 valence electrons. The van der Waals surface area contributed by atoms with E-state index in [1.807, 2.05) is 37.8 Å². The largest absolute Gasteiger partial charge is 0.348 e. The van der Waals surface area contributed by atoms with E-state index in [-0.39, 0.29) is 30.2 Å². The van der Waals surface area contributed by atoms with Crippen LogP contribution in [-0.4, -0.2) is 59.0 Å². The summed E-state index contributed by atoms with van der Waals surface area (Å²) in [6.07, 6.45) is 6.85. The third kappa shape index (κ3) is 3.13. The number of para-hydroxylation sites is 1. The van der Waals surface area contributed by atoms with E-state index in [4.69, 9.17) is 10.7 Å². The fraction of sp³-hybridized carbons (Fsp3) is 0.292. The Bertz CT molecular complexity index is 1170. The smallest absolute Gasteiger partial charge is 0.243 e. The van der Waals surface area contributed by atoms with Crippen LogP contribution in [-0.2, 0) is 4.79 Å². The second-order valence-corrected chi connectivity index (χ2v) is 8.36. The summed E-state index contributed by atoms with van der Waals surface area (Å²) < 4.78 is 0. The number of hydrogen-bond acceptors (Lipinski definition) is 6. The van der Waals surface area contributed by atoms with Gasteiger partial charge >= 0.3 is 0 Å². The lowest BCUT2D eigenvalue weighted by atomic mass is 9.87. The Balaban J connectivity index is 1.67. The van der Waals surface area contributed by atoms with Crippen LogP contribution < -0.4 is 11.1 Å². The van der Waals surface area contributed by atoms with Gasteiger partial charge in [-0.2, -0.15) is 0 Å². The van der Waals surface area contributed by atoms with Crippen LogP contribution in [0.4, 0.5) is 0 Å². The van der Waals surface area contributed by atoms with Crippen molar-refractivity contribution in [3.05, 3.63) is 72.1 Å². The number of aliphatic imine (C=N–C) groups is 1. The standard InChI is InChI=1S/C24H26N6O/c1-4-19(31)28-17-9-14(2)22-20(16-10-15-7-5-6-8-18(15)26-11-16)21-23(25)27-13-29(3)24(21)30(22)12-17/h4-11,13,17,21,23-24H,1,12,25H2,2-3H3,(H,28,31). The van der Waals surface area contributed by atoms with Crippen molar-refractivity contribution in [2.75, 3.05) is 13.6 Å². The van der Waals surface area contributed by atoms with Gasteiger partial charge in [-0.3, -0.25) is 14.8 Å². The van der Waals surface area contributed by atoms with E-state index < -0.39 is 0 Å². The molecule has 1 amide bonds. The van der Waals surface area contributed by atoms with E-state index in [1.54, 1.807) is 0 Å². The zero-order valence-electron chi connectivity index (χ0n) is 17.7. The van der Waals surface area contributed by atoms with Crippen LogP contribution in [0.5, 0.6) is 0 Å². The molecule has 7 heteroatoms. The Labute approximate surface area is 181 Å². The maximum atomic E-state index is 11.9. The molecule has 1 aromatic carbocycles. The van der Waals surface area contributed by atoms with Crippen LogP contribution in [0, 0.1) is 5.92 Å². The fourth-order valence-electron chi connectivity index (χ4n) is 5.11. The van der Waals surface area contributed by atoms with E-state index >= 15 is 0 Å². The zero-order chi connectivity index (χ0) is 21.7. The number of nitrogens with zero attached hydrogens (tertiary/aromatic N) is 4. The van der Waals surface area contributed by atoms with Crippen molar-refractivity contribution >= 4 is 28.7 Å². The van der Waals surface area contributed by atoms with Crippen LogP contribution in [0.3, 0.4) is 0 Å². The molecule has 0 bridgehead atoms. The van der Waals surface area contributed by atoms with Gasteiger partial charge in [-0.15, -0.1) is 0 Å². The highest BCUT2D eigenvalue weighted by Crippen LogP contribution is 2.47. The molecule has 4 atom stereocenters. The lowest BCUT2D eigenvalue weighted by molar-refractivity contribution is -0.117. The molecule has 4 unspecified atom stereocenters. The maximum absolute atomic E-state index is 11.9. The number of carbonyl (C=O) groups is 1. The zero-order valence-corrected chi connectivity index (χ0v) is 17.7. The number of nitrogens with two attached hydrogens (primary N) is 1. The molecule has 3 N–H and O–H groups in total. The van der Waals surface area contributed by atoms with Gasteiger partial charge in [-0.1, -0.05) is 30.9 Å². The predicted molar refractivity (Wildman–Crippen MR) is 123 cm³/mol. The number of benzene rings is 1. The number of carbonyl (C=O) groups excluding carboxylic acids is 1. The first-order valence-electron chi connectivity index (χ1n) is 10.5. The third-order valence-electron chi connectivity index (χ3n) is 6.35. The summed E-state index contributed by atoms with van der Waals surface area (Å²) in [6, 6.07) is 10.2. The summed E-state index contributed by atoms with van der Waals surface area (Å²) in [6.45, 7) is 6.32. The Morgan fingerprint density at radius 1 is 1.35 bits per heavy atom. The molecule has 3 aliphatic rings. The number of fused-ring (bicyclic) bond motifs is 4. The topological polar surface area (TPSA) is 86.8 Å². The monoisotopic (exact) mass is 414 g/mol. The van der Waals surface area contributed by atoms with E-state index in [2.05, 4.69) is 51.8 Å². The average molecular weight is 415 g/mol. The summed E-state index contributed by atoms with van der Waals surface area (Å²) in [5.41, 5.74) is 12.0. The van der Waals surface area contributed by atoms with Crippen LogP contribution in [0.2, 0.25) is 0 Å². The Morgan fingerprint density at radius 2 is 2.16 bits per heavy atom. The molecule has 4 heterocycles. The van der Waals surface area contributed by atoms with Gasteiger partial charge in [0.25, 0.3) is 0 Å². The lowest BCUT2D eigenvalue weighted by Gasteiger charge is -2.43. The molecule has 0 radical (unpaired) electrons. The molecule has 0 aliphatic carbocycles. The molecular weight excluding hydrogens is 388 g/mol. The van der Waals surface area contributed by atoms with Gasteiger partial charge in [0.05, 0.1) is 23.8 Å². The van der Waals surface area contributed by atoms with Gasteiger partial charge in [-0.25, -0.2) is 0 Å². The summed E-state index contributed by atoms with van der Waals surface area (Å²) in [7, 11) is 2.03. The van der Waals surface area contributed by atoms with E-state index in [0.29, 0.717) is 6.54 Å². The number of rotatable bonds is 3. The Hall–Kier alpha value is -3.45. The van der Waals surface area contributed by atoms with Crippen molar-refractivity contribution in [3.8, 4) is 0 Å². The highest BCUT2D eigenvalue weighted by molar-refractivity contribution is 5.88. The Morgan fingerprint density at radius 3 is 2.97 bits per heavy atom. The minimum atomic E-state index is -0.352. The molecule has 3 aliphatic heterocycles. The molecule has 0 saturated carbocycles. The lowest BCUT2D eigenvalue weighted by Crippen LogP contribution is -2.57. The number of allylic oxidation sites excluding steroid dienone is 1. The second kappa shape index (κ2) is 7.35. The minimum Gasteiger partial charge on any atom is -0.348 e. The first kappa shape index (κ1) is 19.5. The summed E-state index contributed by atoms with van der Waals surface area (Å²) in [5.74, 6) is -0.184. The average Bonchev–Trinajstić information content (AvgIpc) is 3.13. The van der Waals surface area contributed by atoms with E-state index in [0.717, 1.165) is 27.7 Å².